The van der Waals surface area contributed by atoms with Gasteiger partial charge in [0.2, 0.25) is 15.9 Å². The molecule has 0 atom stereocenters. The van der Waals surface area contributed by atoms with Gasteiger partial charge in [-0.1, -0.05) is 29.8 Å². The third-order valence-corrected chi connectivity index (χ3v) is 7.07. The molecule has 168 valence electrons. The third kappa shape index (κ3) is 5.59. The second-order valence-electron chi connectivity index (χ2n) is 7.08. The highest BCUT2D eigenvalue weighted by atomic mass is 35.5. The summed E-state index contributed by atoms with van der Waals surface area (Å²) < 4.78 is 32.8. The lowest BCUT2D eigenvalue weighted by atomic mass is 10.2. The van der Waals surface area contributed by atoms with Gasteiger partial charge in [0.05, 0.1) is 18.6 Å². The van der Waals surface area contributed by atoms with Gasteiger partial charge in [-0.25, -0.2) is 8.42 Å². The first-order valence-electron chi connectivity index (χ1n) is 9.68. The summed E-state index contributed by atoms with van der Waals surface area (Å²) in [6.45, 7) is 1.32. The minimum Gasteiger partial charge on any atom is -0.508 e. The first kappa shape index (κ1) is 23.6. The molecule has 0 aliphatic heterocycles. The van der Waals surface area contributed by atoms with E-state index in [9.17, 15) is 18.3 Å². The number of aromatic hydroxyl groups is 1. The van der Waals surface area contributed by atoms with Gasteiger partial charge >= 0.3 is 0 Å². The molecule has 3 aromatic carbocycles. The molecule has 2 N–H and O–H groups in total. The maximum Gasteiger partial charge on any atom is 0.243 e. The molecule has 0 heterocycles. The van der Waals surface area contributed by atoms with Crippen LogP contribution in [-0.2, 0) is 21.4 Å². The van der Waals surface area contributed by atoms with Crippen molar-refractivity contribution in [2.24, 2.45) is 0 Å². The molecule has 0 fully saturated rings. The Balaban J connectivity index is 1.89. The minimum absolute atomic E-state index is 0.0319. The Kier molecular flexibility index (Phi) is 7.40. The van der Waals surface area contributed by atoms with Crippen LogP contribution in [0.5, 0.6) is 11.5 Å². The van der Waals surface area contributed by atoms with Crippen molar-refractivity contribution < 1.29 is 23.1 Å². The van der Waals surface area contributed by atoms with E-state index in [0.717, 1.165) is 4.31 Å². The van der Waals surface area contributed by atoms with Crippen molar-refractivity contribution in [2.75, 3.05) is 19.0 Å². The zero-order chi connectivity index (χ0) is 23.3. The number of halogens is 1. The van der Waals surface area contributed by atoms with Crippen molar-refractivity contribution in [1.82, 2.24) is 4.31 Å². The number of benzene rings is 3. The van der Waals surface area contributed by atoms with Gasteiger partial charge < -0.3 is 15.2 Å². The van der Waals surface area contributed by atoms with Gasteiger partial charge in [0.1, 0.15) is 11.5 Å². The molecule has 3 aromatic rings. The lowest BCUT2D eigenvalue weighted by molar-refractivity contribution is -0.116. The van der Waals surface area contributed by atoms with E-state index in [4.69, 9.17) is 16.3 Å². The summed E-state index contributed by atoms with van der Waals surface area (Å²) in [6.07, 6.45) is 0. The van der Waals surface area contributed by atoms with Crippen LogP contribution in [0, 0.1) is 6.92 Å². The quantitative estimate of drug-likeness (QED) is 0.510. The van der Waals surface area contributed by atoms with E-state index in [1.165, 1.54) is 24.3 Å². The average molecular weight is 475 g/mol. The molecule has 0 aliphatic carbocycles. The largest absolute Gasteiger partial charge is 0.508 e. The number of nitrogens with zero attached hydrogens (tertiary/aromatic N) is 1. The van der Waals surface area contributed by atoms with E-state index in [0.29, 0.717) is 27.6 Å². The monoisotopic (exact) mass is 474 g/mol. The van der Waals surface area contributed by atoms with E-state index in [1.807, 2.05) is 0 Å². The summed E-state index contributed by atoms with van der Waals surface area (Å²) >= 11 is 6.11. The molecule has 0 aromatic heterocycles. The molecule has 0 bridgehead atoms. The molecular formula is C23H23ClN2O5S. The molecule has 0 aliphatic rings. The summed E-state index contributed by atoms with van der Waals surface area (Å²) in [5, 5.41) is 12.7. The van der Waals surface area contributed by atoms with Crippen LogP contribution in [0.3, 0.4) is 0 Å². The van der Waals surface area contributed by atoms with Crippen molar-refractivity contribution in [3.8, 4) is 11.5 Å². The van der Waals surface area contributed by atoms with Gasteiger partial charge in [-0.2, -0.15) is 4.31 Å². The first-order chi connectivity index (χ1) is 15.2. The number of sulfonamides is 1. The van der Waals surface area contributed by atoms with E-state index in [2.05, 4.69) is 5.32 Å². The number of methoxy groups -OCH3 is 1. The molecule has 1 amide bonds. The number of ether oxygens (including phenoxy) is 1. The number of anilines is 1. The number of nitrogens with one attached hydrogen (secondary N) is 1. The predicted octanol–water partition coefficient (Wildman–Crippen LogP) is 4.19. The van der Waals surface area contributed by atoms with Gasteiger partial charge in [0.15, 0.2) is 0 Å². The van der Waals surface area contributed by atoms with E-state index < -0.39 is 22.5 Å². The van der Waals surface area contributed by atoms with Crippen LogP contribution >= 0.6 is 11.6 Å². The fourth-order valence-electron chi connectivity index (χ4n) is 3.02. The average Bonchev–Trinajstić information content (AvgIpc) is 2.77. The highest BCUT2D eigenvalue weighted by Crippen LogP contribution is 2.24. The van der Waals surface area contributed by atoms with E-state index in [-0.39, 0.29) is 17.2 Å². The van der Waals surface area contributed by atoms with Crippen LogP contribution in [0.15, 0.2) is 71.6 Å². The van der Waals surface area contributed by atoms with E-state index >= 15 is 0 Å². The lowest BCUT2D eigenvalue weighted by Gasteiger charge is -2.22. The zero-order valence-corrected chi connectivity index (χ0v) is 19.2. The topological polar surface area (TPSA) is 95.9 Å². The fraction of sp³-hybridized carbons (Fsp3) is 0.174. The molecule has 0 unspecified atom stereocenters. The second kappa shape index (κ2) is 10.0. The van der Waals surface area contributed by atoms with Gasteiger partial charge in [-0.15, -0.1) is 0 Å². The number of phenolic OH excluding ortho intramolecular Hbond substituents is 1. The Morgan fingerprint density at radius 3 is 2.34 bits per heavy atom. The molecule has 0 spiro atoms. The van der Waals surface area contributed by atoms with Gasteiger partial charge in [0, 0.05) is 17.3 Å². The number of phenols is 1. The van der Waals surface area contributed by atoms with Gasteiger partial charge in [0.25, 0.3) is 0 Å². The minimum atomic E-state index is -4.03. The number of carbonyl (C=O) groups excluding carboxylic acids is 1. The highest BCUT2D eigenvalue weighted by Gasteiger charge is 2.27. The van der Waals surface area contributed by atoms with Crippen LogP contribution in [0.1, 0.15) is 11.1 Å². The Morgan fingerprint density at radius 1 is 1.06 bits per heavy atom. The Labute approximate surface area is 192 Å². The third-order valence-electron chi connectivity index (χ3n) is 4.85. The summed E-state index contributed by atoms with van der Waals surface area (Å²) in [7, 11) is -2.49. The molecule has 3 rings (SSSR count). The smallest absolute Gasteiger partial charge is 0.243 e. The standard InChI is InChI=1S/C23H23ClN2O5S/c1-16-21(24)4-3-5-22(16)25-23(28)15-26(14-17-6-10-19(31-2)11-7-17)32(29,30)20-12-8-18(27)9-13-20/h3-13,27H,14-15H2,1-2H3,(H,25,28). The molecule has 0 radical (unpaired) electrons. The van der Waals surface area contributed by atoms with Gasteiger partial charge in [-0.3, -0.25) is 4.79 Å². The highest BCUT2D eigenvalue weighted by molar-refractivity contribution is 7.89. The second-order valence-corrected chi connectivity index (χ2v) is 9.42. The normalized spacial score (nSPS) is 11.4. The lowest BCUT2D eigenvalue weighted by Crippen LogP contribution is -2.37. The Hall–Kier alpha value is -3.07. The molecule has 32 heavy (non-hydrogen) atoms. The van der Waals surface area contributed by atoms with Crippen LogP contribution in [0.2, 0.25) is 5.02 Å². The van der Waals surface area contributed by atoms with Crippen LogP contribution in [0.4, 0.5) is 5.69 Å². The SMILES string of the molecule is COc1ccc(CN(CC(=O)Nc2cccc(Cl)c2C)S(=O)(=O)c2ccc(O)cc2)cc1. The maximum atomic E-state index is 13.3. The molecule has 9 heteroatoms. The molecular weight excluding hydrogens is 452 g/mol. The summed E-state index contributed by atoms with van der Waals surface area (Å²) in [6, 6.07) is 17.2. The van der Waals surface area contributed by atoms with E-state index in [1.54, 1.807) is 56.5 Å². The van der Waals surface area contributed by atoms with Crippen molar-refractivity contribution in [3.63, 3.8) is 0 Å². The molecule has 0 saturated carbocycles. The molecule has 0 saturated heterocycles. The Morgan fingerprint density at radius 2 is 1.72 bits per heavy atom. The molecule has 7 nitrogen and oxygen atoms in total. The zero-order valence-electron chi connectivity index (χ0n) is 17.6. The van der Waals surface area contributed by atoms with Crippen LogP contribution in [-0.4, -0.2) is 37.4 Å². The first-order valence-corrected chi connectivity index (χ1v) is 11.5. The maximum absolute atomic E-state index is 13.3. The summed E-state index contributed by atoms with van der Waals surface area (Å²) in [4.78, 5) is 12.8. The number of amides is 1. The number of hydrogen-bond donors (Lipinski definition) is 2. The summed E-state index contributed by atoms with van der Waals surface area (Å²) in [5.74, 6) is 0.0712. The fourth-order valence-corrected chi connectivity index (χ4v) is 4.58. The van der Waals surface area contributed by atoms with Crippen LogP contribution in [0.25, 0.3) is 0 Å². The Bertz CT molecular complexity index is 1200. The summed E-state index contributed by atoms with van der Waals surface area (Å²) in [5.41, 5.74) is 1.87. The van der Waals surface area contributed by atoms with Crippen molar-refractivity contribution >= 4 is 33.2 Å². The van der Waals surface area contributed by atoms with Gasteiger partial charge in [-0.05, 0) is 66.6 Å². The van der Waals surface area contributed by atoms with Crippen molar-refractivity contribution in [3.05, 3.63) is 82.9 Å². The predicted molar refractivity (Wildman–Crippen MR) is 124 cm³/mol. The van der Waals surface area contributed by atoms with Crippen molar-refractivity contribution in [2.45, 2.75) is 18.4 Å². The van der Waals surface area contributed by atoms with Crippen LogP contribution < -0.4 is 10.1 Å². The number of hydrogen-bond acceptors (Lipinski definition) is 5. The number of carbonyl (C=O) groups is 1. The van der Waals surface area contributed by atoms with Crippen molar-refractivity contribution in [1.29, 1.82) is 0 Å². The number of rotatable bonds is 8.